The number of nitrogens with one attached hydrogen (secondary N) is 1. The van der Waals surface area contributed by atoms with Crippen LogP contribution in [0, 0.1) is 0 Å². The van der Waals surface area contributed by atoms with Crippen molar-refractivity contribution < 1.29 is 14.7 Å². The van der Waals surface area contributed by atoms with Crippen LogP contribution in [-0.4, -0.2) is 40.6 Å². The fraction of sp³-hybridized carbons (Fsp3) is 0.462. The summed E-state index contributed by atoms with van der Waals surface area (Å²) in [5.74, 6) is -1.09. The van der Waals surface area contributed by atoms with Gasteiger partial charge in [0.05, 0.1) is 11.9 Å². The highest BCUT2D eigenvalue weighted by atomic mass is 16.4. The molecule has 2 amide bonds. The number of aromatic carboxylic acids is 1. The Hall–Kier alpha value is -2.11. The minimum atomic E-state index is -1.09. The van der Waals surface area contributed by atoms with Crippen molar-refractivity contribution in [2.24, 2.45) is 0 Å². The molecule has 0 spiro atoms. The molecule has 6 heteroatoms. The van der Waals surface area contributed by atoms with Gasteiger partial charge in [0, 0.05) is 13.6 Å². The monoisotopic (exact) mass is 265 g/mol. The molecular weight excluding hydrogens is 246 g/mol. The van der Waals surface area contributed by atoms with E-state index in [1.165, 1.54) is 18.3 Å². The zero-order valence-electron chi connectivity index (χ0n) is 11.2. The minimum Gasteiger partial charge on any atom is -0.477 e. The number of carbonyl (C=O) groups is 2. The molecule has 0 aliphatic heterocycles. The maximum Gasteiger partial charge on any atom is 0.354 e. The van der Waals surface area contributed by atoms with Gasteiger partial charge in [0.15, 0.2) is 0 Å². The lowest BCUT2D eigenvalue weighted by molar-refractivity contribution is 0.0690. The summed E-state index contributed by atoms with van der Waals surface area (Å²) in [4.78, 5) is 27.8. The number of pyridine rings is 1. The van der Waals surface area contributed by atoms with Crippen LogP contribution in [-0.2, 0) is 0 Å². The average molecular weight is 265 g/mol. The first-order valence-corrected chi connectivity index (χ1v) is 6.26. The van der Waals surface area contributed by atoms with Crippen molar-refractivity contribution in [2.75, 3.05) is 18.9 Å². The molecule has 1 aromatic heterocycles. The highest BCUT2D eigenvalue weighted by Gasteiger charge is 2.09. The molecule has 104 valence electrons. The van der Waals surface area contributed by atoms with E-state index in [0.29, 0.717) is 12.2 Å². The van der Waals surface area contributed by atoms with Gasteiger partial charge in [-0.1, -0.05) is 19.8 Å². The van der Waals surface area contributed by atoms with E-state index in [0.717, 1.165) is 19.3 Å². The van der Waals surface area contributed by atoms with E-state index < -0.39 is 5.97 Å². The molecule has 0 saturated carbocycles. The van der Waals surface area contributed by atoms with Crippen LogP contribution in [0.25, 0.3) is 0 Å². The van der Waals surface area contributed by atoms with Crippen LogP contribution in [0.5, 0.6) is 0 Å². The van der Waals surface area contributed by atoms with Crippen molar-refractivity contribution in [1.82, 2.24) is 9.88 Å². The van der Waals surface area contributed by atoms with E-state index >= 15 is 0 Å². The summed E-state index contributed by atoms with van der Waals surface area (Å²) in [5.41, 5.74) is 0.437. The number of carboxylic acid groups (broad SMARTS) is 1. The Morgan fingerprint density at radius 2 is 2.11 bits per heavy atom. The molecule has 1 heterocycles. The third-order valence-corrected chi connectivity index (χ3v) is 2.68. The van der Waals surface area contributed by atoms with Gasteiger partial charge < -0.3 is 15.3 Å². The van der Waals surface area contributed by atoms with E-state index in [2.05, 4.69) is 17.2 Å². The van der Waals surface area contributed by atoms with Crippen molar-refractivity contribution in [3.8, 4) is 0 Å². The molecule has 0 radical (unpaired) electrons. The van der Waals surface area contributed by atoms with Gasteiger partial charge in [0.2, 0.25) is 0 Å². The maximum absolute atomic E-state index is 11.8. The summed E-state index contributed by atoms with van der Waals surface area (Å²) >= 11 is 0. The van der Waals surface area contributed by atoms with Gasteiger partial charge in [0.25, 0.3) is 0 Å². The molecule has 1 aromatic rings. The number of rotatable bonds is 6. The Balaban J connectivity index is 2.49. The molecule has 0 aliphatic carbocycles. The molecule has 1 rings (SSSR count). The van der Waals surface area contributed by atoms with Gasteiger partial charge >= 0.3 is 12.0 Å². The quantitative estimate of drug-likeness (QED) is 0.774. The zero-order valence-corrected chi connectivity index (χ0v) is 11.2. The van der Waals surface area contributed by atoms with E-state index in [1.54, 1.807) is 11.9 Å². The third-order valence-electron chi connectivity index (χ3n) is 2.68. The smallest absolute Gasteiger partial charge is 0.354 e. The number of aromatic nitrogens is 1. The van der Waals surface area contributed by atoms with Crippen LogP contribution in [0.4, 0.5) is 10.5 Å². The Bertz CT molecular complexity index is 431. The van der Waals surface area contributed by atoms with Crippen LogP contribution in [0.1, 0.15) is 36.7 Å². The number of nitrogens with zero attached hydrogens (tertiary/aromatic N) is 2. The van der Waals surface area contributed by atoms with Gasteiger partial charge in [-0.2, -0.15) is 0 Å². The van der Waals surface area contributed by atoms with E-state index in [1.807, 2.05) is 0 Å². The molecule has 0 unspecified atom stereocenters. The van der Waals surface area contributed by atoms with Crippen LogP contribution in [0.15, 0.2) is 18.3 Å². The Morgan fingerprint density at radius 1 is 1.37 bits per heavy atom. The fourth-order valence-corrected chi connectivity index (χ4v) is 1.51. The molecule has 0 fully saturated rings. The third kappa shape index (κ3) is 4.95. The summed E-state index contributed by atoms with van der Waals surface area (Å²) in [6, 6.07) is 2.66. The topological polar surface area (TPSA) is 82.5 Å². The fourth-order valence-electron chi connectivity index (χ4n) is 1.51. The van der Waals surface area contributed by atoms with E-state index in [-0.39, 0.29) is 11.7 Å². The lowest BCUT2D eigenvalue weighted by atomic mass is 10.2. The number of unbranched alkanes of at least 4 members (excludes halogenated alkanes) is 2. The van der Waals surface area contributed by atoms with Gasteiger partial charge in [-0.15, -0.1) is 0 Å². The first-order valence-electron chi connectivity index (χ1n) is 6.26. The lowest BCUT2D eigenvalue weighted by Gasteiger charge is -2.17. The molecule has 0 saturated heterocycles. The largest absolute Gasteiger partial charge is 0.477 e. The van der Waals surface area contributed by atoms with Crippen molar-refractivity contribution in [3.63, 3.8) is 0 Å². The summed E-state index contributed by atoms with van der Waals surface area (Å²) < 4.78 is 0. The second kappa shape index (κ2) is 7.35. The number of hydrogen-bond donors (Lipinski definition) is 2. The van der Waals surface area contributed by atoms with Crippen molar-refractivity contribution >= 4 is 17.7 Å². The zero-order chi connectivity index (χ0) is 14.3. The first-order chi connectivity index (χ1) is 9.04. The number of anilines is 1. The number of amides is 2. The molecule has 0 bridgehead atoms. The predicted molar refractivity (Wildman–Crippen MR) is 72.4 cm³/mol. The van der Waals surface area contributed by atoms with Gasteiger partial charge in [-0.05, 0) is 18.6 Å². The van der Waals surface area contributed by atoms with Crippen LogP contribution in [0.3, 0.4) is 0 Å². The normalized spacial score (nSPS) is 10.0. The lowest BCUT2D eigenvalue weighted by Crippen LogP contribution is -2.32. The first kappa shape index (κ1) is 14.9. The van der Waals surface area contributed by atoms with Crippen molar-refractivity contribution in [3.05, 3.63) is 24.0 Å². The summed E-state index contributed by atoms with van der Waals surface area (Å²) in [7, 11) is 1.73. The van der Waals surface area contributed by atoms with Gasteiger partial charge in [0.1, 0.15) is 5.69 Å². The summed E-state index contributed by atoms with van der Waals surface area (Å²) in [5, 5.41) is 11.4. The molecule has 0 aromatic carbocycles. The number of hydrogen-bond acceptors (Lipinski definition) is 3. The van der Waals surface area contributed by atoms with E-state index in [9.17, 15) is 9.59 Å². The van der Waals surface area contributed by atoms with E-state index in [4.69, 9.17) is 5.11 Å². The minimum absolute atomic E-state index is 0.0469. The molecule has 0 aliphatic rings. The van der Waals surface area contributed by atoms with Crippen LogP contribution >= 0.6 is 0 Å². The molecule has 6 nitrogen and oxygen atoms in total. The second-order valence-electron chi connectivity index (χ2n) is 4.30. The Morgan fingerprint density at radius 3 is 2.63 bits per heavy atom. The maximum atomic E-state index is 11.8. The van der Waals surface area contributed by atoms with Crippen molar-refractivity contribution in [1.29, 1.82) is 0 Å². The molecule has 2 N–H and O–H groups in total. The number of carboxylic acids is 1. The van der Waals surface area contributed by atoms with Crippen molar-refractivity contribution in [2.45, 2.75) is 26.2 Å². The molecular formula is C13H19N3O3. The second-order valence-corrected chi connectivity index (χ2v) is 4.30. The average Bonchev–Trinajstić information content (AvgIpc) is 2.39. The number of carbonyl (C=O) groups excluding carboxylic acids is 1. The summed E-state index contributed by atoms with van der Waals surface area (Å²) in [6.45, 7) is 2.80. The van der Waals surface area contributed by atoms with Gasteiger partial charge in [-0.25, -0.2) is 14.6 Å². The molecule has 19 heavy (non-hydrogen) atoms. The standard InChI is InChI=1S/C13H19N3O3/c1-3-4-5-8-16(2)13(19)15-10-6-7-11(12(17)18)14-9-10/h6-7,9H,3-5,8H2,1-2H3,(H,15,19)(H,17,18). The Labute approximate surface area is 112 Å². The van der Waals surface area contributed by atoms with Gasteiger partial charge in [-0.3, -0.25) is 0 Å². The predicted octanol–water partition coefficient (Wildman–Crippen LogP) is 2.43. The van der Waals surface area contributed by atoms with Crippen LogP contribution < -0.4 is 5.32 Å². The SMILES string of the molecule is CCCCCN(C)C(=O)Nc1ccc(C(=O)O)nc1. The Kier molecular flexibility index (Phi) is 5.78. The van der Waals surface area contributed by atoms with Crippen LogP contribution in [0.2, 0.25) is 0 Å². The molecule has 0 atom stereocenters. The number of urea groups is 1. The summed E-state index contributed by atoms with van der Waals surface area (Å²) in [6.07, 6.45) is 4.50. The highest BCUT2D eigenvalue weighted by Crippen LogP contribution is 2.07. The highest BCUT2D eigenvalue weighted by molar-refractivity contribution is 5.90.